The van der Waals surface area contributed by atoms with Crippen molar-refractivity contribution in [1.82, 2.24) is 14.6 Å². The standard InChI is InChI=1S/C27H27N3O6/c1-14-13-30-18(12-17(29-30)25(31)32)22(20(14)24(26(33)34-5)36-27(2,3)4)16-6-7-19-21-15(9-11-35-19)8-10-28-23(16)21/h6-8,10,12-13,24H,9,11H2,1-5H3,(H,31,32)/t24-/m0/s1. The second-order valence-electron chi connectivity index (χ2n) is 9.80. The molecule has 0 saturated heterocycles. The first-order valence-corrected chi connectivity index (χ1v) is 11.6. The maximum absolute atomic E-state index is 13.1. The summed E-state index contributed by atoms with van der Waals surface area (Å²) >= 11 is 0. The molecule has 0 bridgehead atoms. The maximum atomic E-state index is 13.1. The number of aryl methyl sites for hydroxylation is 1. The van der Waals surface area contributed by atoms with Gasteiger partial charge in [0.2, 0.25) is 0 Å². The number of hydrogen-bond donors (Lipinski definition) is 1. The number of fused-ring (bicyclic) bond motifs is 1. The molecule has 1 atom stereocenters. The van der Waals surface area contributed by atoms with Crippen molar-refractivity contribution in [3.8, 4) is 16.9 Å². The number of nitrogens with zero attached hydrogens (tertiary/aromatic N) is 3. The van der Waals surface area contributed by atoms with Crippen molar-refractivity contribution in [3.05, 3.63) is 59.0 Å². The average molecular weight is 490 g/mol. The average Bonchev–Trinajstić information content (AvgIpc) is 3.26. The number of aromatic nitrogens is 3. The molecule has 4 heterocycles. The summed E-state index contributed by atoms with van der Waals surface area (Å²) in [6.45, 7) is 8.00. The van der Waals surface area contributed by atoms with E-state index in [1.54, 1.807) is 12.4 Å². The maximum Gasteiger partial charge on any atom is 0.356 e. The lowest BCUT2D eigenvalue weighted by Gasteiger charge is -2.29. The van der Waals surface area contributed by atoms with Gasteiger partial charge in [-0.1, -0.05) is 0 Å². The number of ether oxygens (including phenoxy) is 3. The summed E-state index contributed by atoms with van der Waals surface area (Å²) < 4.78 is 18.8. The van der Waals surface area contributed by atoms with Gasteiger partial charge in [0.15, 0.2) is 11.8 Å². The van der Waals surface area contributed by atoms with E-state index in [0.29, 0.717) is 39.9 Å². The fraction of sp³-hybridized carbons (Fsp3) is 0.333. The van der Waals surface area contributed by atoms with Crippen molar-refractivity contribution in [2.24, 2.45) is 0 Å². The van der Waals surface area contributed by atoms with E-state index < -0.39 is 23.6 Å². The number of carboxylic acid groups (broad SMARTS) is 1. The molecule has 0 unspecified atom stereocenters. The Kier molecular flexibility index (Phi) is 5.67. The smallest absolute Gasteiger partial charge is 0.356 e. The molecule has 186 valence electrons. The van der Waals surface area contributed by atoms with Crippen LogP contribution in [0.4, 0.5) is 0 Å². The van der Waals surface area contributed by atoms with E-state index in [1.807, 2.05) is 45.9 Å². The third kappa shape index (κ3) is 3.95. The monoisotopic (exact) mass is 489 g/mol. The van der Waals surface area contributed by atoms with Crippen LogP contribution in [0.15, 0.2) is 36.7 Å². The minimum absolute atomic E-state index is 0.113. The van der Waals surface area contributed by atoms with E-state index in [-0.39, 0.29) is 5.69 Å². The Morgan fingerprint density at radius 1 is 1.22 bits per heavy atom. The predicted octanol–water partition coefficient (Wildman–Crippen LogP) is 4.52. The number of esters is 1. The van der Waals surface area contributed by atoms with Gasteiger partial charge in [-0.2, -0.15) is 5.10 Å². The van der Waals surface area contributed by atoms with Crippen molar-refractivity contribution in [2.75, 3.05) is 13.7 Å². The largest absolute Gasteiger partial charge is 0.493 e. The lowest BCUT2D eigenvalue weighted by Crippen LogP contribution is -2.29. The van der Waals surface area contributed by atoms with Crippen molar-refractivity contribution in [2.45, 2.75) is 45.8 Å². The van der Waals surface area contributed by atoms with E-state index in [0.717, 1.165) is 23.1 Å². The van der Waals surface area contributed by atoms with Gasteiger partial charge in [-0.3, -0.25) is 4.98 Å². The number of carboxylic acids is 1. The Balaban J connectivity index is 1.92. The van der Waals surface area contributed by atoms with Crippen LogP contribution in [0.3, 0.4) is 0 Å². The van der Waals surface area contributed by atoms with Crippen molar-refractivity contribution >= 4 is 28.4 Å². The zero-order chi connectivity index (χ0) is 25.8. The third-order valence-electron chi connectivity index (χ3n) is 6.21. The molecule has 5 rings (SSSR count). The van der Waals surface area contributed by atoms with Gasteiger partial charge < -0.3 is 19.3 Å². The zero-order valence-corrected chi connectivity index (χ0v) is 20.8. The molecular weight excluding hydrogens is 462 g/mol. The highest BCUT2D eigenvalue weighted by Gasteiger charge is 2.34. The summed E-state index contributed by atoms with van der Waals surface area (Å²) in [5.41, 5.74) is 4.11. The van der Waals surface area contributed by atoms with Crippen LogP contribution in [0, 0.1) is 6.92 Å². The minimum Gasteiger partial charge on any atom is -0.493 e. The number of hydrogen-bond acceptors (Lipinski definition) is 7. The highest BCUT2D eigenvalue weighted by Crippen LogP contribution is 2.44. The van der Waals surface area contributed by atoms with Crippen LogP contribution in [0.25, 0.3) is 27.5 Å². The number of methoxy groups -OCH3 is 1. The number of benzene rings is 1. The van der Waals surface area contributed by atoms with Gasteiger partial charge in [0, 0.05) is 40.9 Å². The topological polar surface area (TPSA) is 112 Å². The Labute approximate surface area is 207 Å². The normalized spacial score (nSPS) is 14.0. The lowest BCUT2D eigenvalue weighted by atomic mass is 9.89. The van der Waals surface area contributed by atoms with Crippen LogP contribution in [0.5, 0.6) is 5.75 Å². The summed E-state index contributed by atoms with van der Waals surface area (Å²) in [6, 6.07) is 7.25. The molecule has 1 aromatic carbocycles. The third-order valence-corrected chi connectivity index (χ3v) is 6.21. The van der Waals surface area contributed by atoms with E-state index in [9.17, 15) is 14.7 Å². The molecule has 9 nitrogen and oxygen atoms in total. The summed E-state index contributed by atoms with van der Waals surface area (Å²) in [4.78, 5) is 29.6. The molecule has 0 radical (unpaired) electrons. The minimum atomic E-state index is -1.15. The summed E-state index contributed by atoms with van der Waals surface area (Å²) in [5, 5.41) is 14.8. The molecule has 36 heavy (non-hydrogen) atoms. The fourth-order valence-electron chi connectivity index (χ4n) is 4.78. The molecule has 1 aliphatic rings. The molecule has 0 saturated carbocycles. The Morgan fingerprint density at radius 2 is 2.00 bits per heavy atom. The molecule has 4 aromatic rings. The van der Waals surface area contributed by atoms with E-state index >= 15 is 0 Å². The van der Waals surface area contributed by atoms with Gasteiger partial charge in [0.05, 0.1) is 30.4 Å². The van der Waals surface area contributed by atoms with Gasteiger partial charge in [-0.15, -0.1) is 0 Å². The van der Waals surface area contributed by atoms with Gasteiger partial charge >= 0.3 is 11.9 Å². The highest BCUT2D eigenvalue weighted by molar-refractivity contribution is 6.04. The lowest BCUT2D eigenvalue weighted by molar-refractivity contribution is -0.164. The van der Waals surface area contributed by atoms with Gasteiger partial charge in [0.25, 0.3) is 0 Å². The number of carbonyl (C=O) groups excluding carboxylic acids is 1. The molecular formula is C27H27N3O6. The first-order valence-electron chi connectivity index (χ1n) is 11.6. The first-order chi connectivity index (χ1) is 17.1. The second-order valence-corrected chi connectivity index (χ2v) is 9.80. The van der Waals surface area contributed by atoms with Crippen LogP contribution in [0.2, 0.25) is 0 Å². The summed E-state index contributed by atoms with van der Waals surface area (Å²) in [5.74, 6) is -0.970. The highest BCUT2D eigenvalue weighted by atomic mass is 16.6. The molecule has 0 aliphatic carbocycles. The van der Waals surface area contributed by atoms with Crippen LogP contribution in [-0.2, 0) is 20.7 Å². The number of aromatic carboxylic acids is 1. The Bertz CT molecular complexity index is 1520. The SMILES string of the molecule is COC(=O)[C@@H](OC(C)(C)C)c1c(C)cn2nc(C(=O)O)cc2c1-c1ccc2c3c(ccnc13)CCO2. The second kappa shape index (κ2) is 8.60. The van der Waals surface area contributed by atoms with Gasteiger partial charge in [-0.05, 0) is 63.1 Å². The predicted molar refractivity (Wildman–Crippen MR) is 132 cm³/mol. The van der Waals surface area contributed by atoms with Crippen molar-refractivity contribution < 1.29 is 28.9 Å². The molecule has 0 fully saturated rings. The fourth-order valence-corrected chi connectivity index (χ4v) is 4.78. The Hall–Kier alpha value is -3.98. The zero-order valence-electron chi connectivity index (χ0n) is 20.8. The number of carbonyl (C=O) groups is 2. The van der Waals surface area contributed by atoms with Crippen LogP contribution >= 0.6 is 0 Å². The molecule has 0 amide bonds. The quantitative estimate of drug-likeness (QED) is 0.407. The van der Waals surface area contributed by atoms with Crippen LogP contribution < -0.4 is 4.74 Å². The molecule has 0 spiro atoms. The van der Waals surface area contributed by atoms with Crippen LogP contribution in [-0.4, -0.2) is 51.0 Å². The Morgan fingerprint density at radius 3 is 2.69 bits per heavy atom. The van der Waals surface area contributed by atoms with E-state index in [4.69, 9.17) is 19.2 Å². The molecule has 9 heteroatoms. The summed E-state index contributed by atoms with van der Waals surface area (Å²) in [7, 11) is 1.32. The van der Waals surface area contributed by atoms with E-state index in [1.165, 1.54) is 17.7 Å². The first kappa shape index (κ1) is 23.7. The van der Waals surface area contributed by atoms with Gasteiger partial charge in [-0.25, -0.2) is 14.1 Å². The van der Waals surface area contributed by atoms with Crippen molar-refractivity contribution in [3.63, 3.8) is 0 Å². The number of pyridine rings is 2. The summed E-state index contributed by atoms with van der Waals surface area (Å²) in [6.07, 6.45) is 3.13. The number of rotatable bonds is 5. The van der Waals surface area contributed by atoms with Crippen LogP contribution in [0.1, 0.15) is 54.1 Å². The van der Waals surface area contributed by atoms with E-state index in [2.05, 4.69) is 5.10 Å². The molecule has 1 aliphatic heterocycles. The van der Waals surface area contributed by atoms with Crippen molar-refractivity contribution in [1.29, 1.82) is 0 Å². The molecule has 1 N–H and O–H groups in total. The molecule has 3 aromatic heterocycles. The van der Waals surface area contributed by atoms with Gasteiger partial charge in [0.1, 0.15) is 5.75 Å².